The second-order valence-electron chi connectivity index (χ2n) is 4.37. The van der Waals surface area contributed by atoms with E-state index in [0.29, 0.717) is 6.54 Å². The number of hydrogen-bond donors (Lipinski definition) is 2. The molecule has 114 valence electrons. The third kappa shape index (κ3) is 4.44. The molecule has 1 atom stereocenters. The van der Waals surface area contributed by atoms with E-state index in [-0.39, 0.29) is 16.9 Å². The number of nitro groups is 1. The molecule has 0 aliphatic rings. The number of nitrogens with two attached hydrogens (primary N) is 1. The van der Waals surface area contributed by atoms with Crippen molar-refractivity contribution in [3.63, 3.8) is 0 Å². The molecule has 0 saturated carbocycles. The van der Waals surface area contributed by atoms with Crippen LogP contribution >= 0.6 is 0 Å². The van der Waals surface area contributed by atoms with Crippen LogP contribution in [0.15, 0.2) is 18.2 Å². The Morgan fingerprint density at radius 3 is 2.67 bits per heavy atom. The normalized spacial score (nSPS) is 11.5. The number of nitro benzene ring substituents is 1. The van der Waals surface area contributed by atoms with Crippen LogP contribution in [-0.4, -0.2) is 29.4 Å². The first-order valence-corrected chi connectivity index (χ1v) is 6.39. The molecule has 0 unspecified atom stereocenters. The fourth-order valence-corrected chi connectivity index (χ4v) is 1.52. The summed E-state index contributed by atoms with van der Waals surface area (Å²) < 4.78 is 4.98. The third-order valence-electron chi connectivity index (χ3n) is 2.67. The number of nitrogens with one attached hydrogen (secondary N) is 1. The lowest BCUT2D eigenvalue weighted by Gasteiger charge is -2.13. The molecule has 0 radical (unpaired) electrons. The summed E-state index contributed by atoms with van der Waals surface area (Å²) in [5.74, 6) is -1.22. The predicted molar refractivity (Wildman–Crippen MR) is 75.7 cm³/mol. The van der Waals surface area contributed by atoms with E-state index in [1.807, 2.05) is 6.92 Å². The largest absolute Gasteiger partial charge is 0.449 e. The van der Waals surface area contributed by atoms with E-state index in [1.54, 1.807) is 0 Å². The summed E-state index contributed by atoms with van der Waals surface area (Å²) in [5, 5.41) is 13.2. The summed E-state index contributed by atoms with van der Waals surface area (Å²) in [6.45, 7) is 3.82. The average Bonchev–Trinajstić information content (AvgIpc) is 2.44. The summed E-state index contributed by atoms with van der Waals surface area (Å²) >= 11 is 0. The molecule has 21 heavy (non-hydrogen) atoms. The predicted octanol–water partition coefficient (Wildman–Crippen LogP) is 1.25. The van der Waals surface area contributed by atoms with Gasteiger partial charge in [0.15, 0.2) is 6.10 Å². The molecule has 8 nitrogen and oxygen atoms in total. The van der Waals surface area contributed by atoms with Crippen molar-refractivity contribution in [2.75, 3.05) is 12.3 Å². The molecular weight excluding hydrogens is 278 g/mol. The summed E-state index contributed by atoms with van der Waals surface area (Å²) in [6, 6.07) is 3.42. The maximum absolute atomic E-state index is 11.9. The minimum atomic E-state index is -0.973. The first-order chi connectivity index (χ1) is 9.86. The SMILES string of the molecule is CCCNC(=O)[C@H](C)OC(=O)c1ccc([N+](=O)[O-])cc1N. The molecule has 0 aliphatic carbocycles. The lowest BCUT2D eigenvalue weighted by molar-refractivity contribution is -0.384. The molecule has 0 saturated heterocycles. The monoisotopic (exact) mass is 295 g/mol. The van der Waals surface area contributed by atoms with Crippen molar-refractivity contribution in [1.82, 2.24) is 5.32 Å². The van der Waals surface area contributed by atoms with Crippen molar-refractivity contribution in [3.05, 3.63) is 33.9 Å². The van der Waals surface area contributed by atoms with Gasteiger partial charge in [0, 0.05) is 18.7 Å². The Balaban J connectivity index is 2.76. The zero-order valence-electron chi connectivity index (χ0n) is 11.8. The number of non-ortho nitro benzene ring substituents is 1. The summed E-state index contributed by atoms with van der Waals surface area (Å²) in [5.41, 5.74) is 5.27. The van der Waals surface area contributed by atoms with E-state index in [1.165, 1.54) is 13.0 Å². The van der Waals surface area contributed by atoms with Crippen LogP contribution in [-0.2, 0) is 9.53 Å². The molecule has 0 fully saturated rings. The first-order valence-electron chi connectivity index (χ1n) is 6.39. The minimum absolute atomic E-state index is 0.0178. The smallest absolute Gasteiger partial charge is 0.341 e. The number of rotatable bonds is 6. The van der Waals surface area contributed by atoms with Crippen molar-refractivity contribution in [2.45, 2.75) is 26.4 Å². The molecule has 0 bridgehead atoms. The van der Waals surface area contributed by atoms with Crippen LogP contribution in [0.5, 0.6) is 0 Å². The van der Waals surface area contributed by atoms with Crippen molar-refractivity contribution in [3.8, 4) is 0 Å². The number of nitrogens with zero attached hydrogens (tertiary/aromatic N) is 1. The van der Waals surface area contributed by atoms with Gasteiger partial charge >= 0.3 is 5.97 Å². The van der Waals surface area contributed by atoms with Gasteiger partial charge < -0.3 is 15.8 Å². The van der Waals surface area contributed by atoms with Gasteiger partial charge in [0.1, 0.15) is 0 Å². The van der Waals surface area contributed by atoms with E-state index in [9.17, 15) is 19.7 Å². The molecular formula is C13H17N3O5. The molecule has 0 spiro atoms. The van der Waals surface area contributed by atoms with Crippen LogP contribution in [0.3, 0.4) is 0 Å². The number of ether oxygens (including phenoxy) is 1. The molecule has 0 heterocycles. The van der Waals surface area contributed by atoms with Gasteiger partial charge in [0.25, 0.3) is 11.6 Å². The number of carbonyl (C=O) groups excluding carboxylic acids is 2. The van der Waals surface area contributed by atoms with Crippen LogP contribution < -0.4 is 11.1 Å². The van der Waals surface area contributed by atoms with Gasteiger partial charge in [-0.25, -0.2) is 4.79 Å². The highest BCUT2D eigenvalue weighted by molar-refractivity contribution is 5.97. The fraction of sp³-hybridized carbons (Fsp3) is 0.385. The Hall–Kier alpha value is -2.64. The van der Waals surface area contributed by atoms with Gasteiger partial charge in [0.05, 0.1) is 16.2 Å². The maximum atomic E-state index is 11.9. The van der Waals surface area contributed by atoms with Crippen molar-refractivity contribution in [1.29, 1.82) is 0 Å². The molecule has 0 aromatic heterocycles. The van der Waals surface area contributed by atoms with E-state index >= 15 is 0 Å². The van der Waals surface area contributed by atoms with Crippen LogP contribution in [0.25, 0.3) is 0 Å². The zero-order chi connectivity index (χ0) is 16.0. The first kappa shape index (κ1) is 16.4. The summed E-state index contributed by atoms with van der Waals surface area (Å²) in [7, 11) is 0. The minimum Gasteiger partial charge on any atom is -0.449 e. The molecule has 1 aromatic carbocycles. The van der Waals surface area contributed by atoms with Gasteiger partial charge in [-0.1, -0.05) is 6.92 Å². The third-order valence-corrected chi connectivity index (χ3v) is 2.67. The van der Waals surface area contributed by atoms with Gasteiger partial charge in [-0.05, 0) is 19.4 Å². The maximum Gasteiger partial charge on any atom is 0.341 e. The number of benzene rings is 1. The van der Waals surface area contributed by atoms with Crippen LogP contribution in [0.4, 0.5) is 11.4 Å². The molecule has 8 heteroatoms. The summed E-state index contributed by atoms with van der Waals surface area (Å²) in [6.07, 6.45) is -0.208. The number of amides is 1. The van der Waals surface area contributed by atoms with E-state index < -0.39 is 22.9 Å². The van der Waals surface area contributed by atoms with Crippen molar-refractivity contribution >= 4 is 23.3 Å². The van der Waals surface area contributed by atoms with Gasteiger partial charge in [-0.2, -0.15) is 0 Å². The number of carbonyl (C=O) groups is 2. The van der Waals surface area contributed by atoms with Crippen molar-refractivity contribution < 1.29 is 19.2 Å². The highest BCUT2D eigenvalue weighted by atomic mass is 16.6. The summed E-state index contributed by atoms with van der Waals surface area (Å²) in [4.78, 5) is 33.4. The molecule has 0 aliphatic heterocycles. The van der Waals surface area contributed by atoms with E-state index in [2.05, 4.69) is 5.32 Å². The van der Waals surface area contributed by atoms with Gasteiger partial charge in [0.2, 0.25) is 0 Å². The van der Waals surface area contributed by atoms with Crippen molar-refractivity contribution in [2.24, 2.45) is 0 Å². The van der Waals surface area contributed by atoms with Gasteiger partial charge in [-0.3, -0.25) is 14.9 Å². The topological polar surface area (TPSA) is 125 Å². The lowest BCUT2D eigenvalue weighted by Crippen LogP contribution is -2.36. The van der Waals surface area contributed by atoms with E-state index in [0.717, 1.165) is 18.6 Å². The lowest BCUT2D eigenvalue weighted by atomic mass is 10.1. The standard InChI is InChI=1S/C13H17N3O5/c1-3-6-15-12(17)8(2)21-13(18)10-5-4-9(16(19)20)7-11(10)14/h4-5,7-8H,3,6,14H2,1-2H3,(H,15,17)/t8-/m0/s1. The Bertz CT molecular complexity index is 559. The molecule has 1 aromatic rings. The van der Waals surface area contributed by atoms with Crippen LogP contribution in [0, 0.1) is 10.1 Å². The number of esters is 1. The molecule has 1 rings (SSSR count). The van der Waals surface area contributed by atoms with E-state index in [4.69, 9.17) is 10.5 Å². The second kappa shape index (κ2) is 7.22. The highest BCUT2D eigenvalue weighted by Gasteiger charge is 2.21. The Labute approximate surface area is 121 Å². The molecule has 1 amide bonds. The van der Waals surface area contributed by atoms with Crippen LogP contribution in [0.1, 0.15) is 30.6 Å². The zero-order valence-corrected chi connectivity index (χ0v) is 11.8. The van der Waals surface area contributed by atoms with Gasteiger partial charge in [-0.15, -0.1) is 0 Å². The Morgan fingerprint density at radius 1 is 1.48 bits per heavy atom. The average molecular weight is 295 g/mol. The number of nitrogen functional groups attached to an aromatic ring is 1. The Kier molecular flexibility index (Phi) is 5.65. The number of anilines is 1. The quantitative estimate of drug-likeness (QED) is 0.352. The van der Waals surface area contributed by atoms with Crippen LogP contribution in [0.2, 0.25) is 0 Å². The Morgan fingerprint density at radius 2 is 2.14 bits per heavy atom. The fourth-order valence-electron chi connectivity index (χ4n) is 1.52. The highest BCUT2D eigenvalue weighted by Crippen LogP contribution is 2.20. The number of hydrogen-bond acceptors (Lipinski definition) is 6. The molecule has 3 N–H and O–H groups in total. The second-order valence-corrected chi connectivity index (χ2v) is 4.37.